The predicted octanol–water partition coefficient (Wildman–Crippen LogP) is 2.93. The van der Waals surface area contributed by atoms with Crippen LogP contribution in [0.15, 0.2) is 15.5 Å². The van der Waals surface area contributed by atoms with Crippen LogP contribution in [-0.4, -0.2) is 61.3 Å². The molecular weight excluding hydrogens is 362 g/mol. The van der Waals surface area contributed by atoms with Crippen LogP contribution in [0.25, 0.3) is 0 Å². The first-order valence-electron chi connectivity index (χ1n) is 7.69. The molecule has 0 bridgehead atoms. The third kappa shape index (κ3) is 7.28. The van der Waals surface area contributed by atoms with Crippen LogP contribution < -0.4 is 4.74 Å². The van der Waals surface area contributed by atoms with Crippen LogP contribution in [0.2, 0.25) is 0 Å². The highest BCUT2D eigenvalue weighted by Gasteiger charge is 2.09. The van der Waals surface area contributed by atoms with Gasteiger partial charge in [0.25, 0.3) is 0 Å². The van der Waals surface area contributed by atoms with Gasteiger partial charge < -0.3 is 19.5 Å². The summed E-state index contributed by atoms with van der Waals surface area (Å²) in [4.78, 5) is 10.9. The van der Waals surface area contributed by atoms with Crippen molar-refractivity contribution in [2.75, 3.05) is 33.9 Å². The van der Waals surface area contributed by atoms with Gasteiger partial charge in [-0.25, -0.2) is 9.98 Å². The van der Waals surface area contributed by atoms with Gasteiger partial charge >= 0.3 is 0 Å². The summed E-state index contributed by atoms with van der Waals surface area (Å²) in [6.07, 6.45) is 2.71. The van der Waals surface area contributed by atoms with E-state index in [1.165, 1.54) is 0 Å². The van der Waals surface area contributed by atoms with E-state index in [0.29, 0.717) is 25.5 Å². The number of aryl methyl sites for hydroxylation is 1. The van der Waals surface area contributed by atoms with Crippen molar-refractivity contribution in [1.82, 2.24) is 9.88 Å². The molecule has 130 valence electrons. The Labute approximate surface area is 146 Å². The second kappa shape index (κ2) is 10.6. The molecule has 1 unspecified atom stereocenters. The molecule has 1 aromatic rings. The third-order valence-corrected chi connectivity index (χ3v) is 3.85. The Balaban J connectivity index is 2.58. The molecule has 0 aliphatic heterocycles. The van der Waals surface area contributed by atoms with Gasteiger partial charge in [-0.1, -0.05) is 0 Å². The van der Waals surface area contributed by atoms with Crippen molar-refractivity contribution in [3.05, 3.63) is 16.2 Å². The van der Waals surface area contributed by atoms with E-state index in [4.69, 9.17) is 9.47 Å². The highest BCUT2D eigenvalue weighted by Crippen LogP contribution is 2.29. The highest BCUT2D eigenvalue weighted by molar-refractivity contribution is 9.10. The average Bonchev–Trinajstić information content (AvgIpc) is 2.52. The van der Waals surface area contributed by atoms with E-state index in [0.717, 1.165) is 28.8 Å². The number of aliphatic hydroxyl groups is 1. The molecule has 0 saturated heterocycles. The summed E-state index contributed by atoms with van der Waals surface area (Å²) in [7, 11) is 3.54. The lowest BCUT2D eigenvalue weighted by atomic mass is 10.2. The lowest BCUT2D eigenvalue weighted by molar-refractivity contribution is 0.0553. The Hall–Kier alpha value is -1.18. The first kappa shape index (κ1) is 19.9. The molecule has 0 fully saturated rings. The predicted molar refractivity (Wildman–Crippen MR) is 95.7 cm³/mol. The number of methoxy groups -OCH3 is 1. The Morgan fingerprint density at radius 2 is 2.26 bits per heavy atom. The lowest BCUT2D eigenvalue weighted by Crippen LogP contribution is -2.15. The molecule has 0 spiro atoms. The van der Waals surface area contributed by atoms with Crippen LogP contribution >= 0.6 is 15.9 Å². The topological polar surface area (TPSA) is 67.2 Å². The van der Waals surface area contributed by atoms with Crippen molar-refractivity contribution < 1.29 is 14.6 Å². The number of hydrogen-bond acceptors (Lipinski definition) is 5. The highest BCUT2D eigenvalue weighted by atomic mass is 79.9. The van der Waals surface area contributed by atoms with Gasteiger partial charge in [-0.2, -0.15) is 0 Å². The van der Waals surface area contributed by atoms with Crippen LogP contribution in [0.1, 0.15) is 25.5 Å². The van der Waals surface area contributed by atoms with Gasteiger partial charge in [-0.3, -0.25) is 0 Å². The van der Waals surface area contributed by atoms with Gasteiger partial charge in [0.15, 0.2) is 0 Å². The third-order valence-electron chi connectivity index (χ3n) is 3.28. The number of pyridine rings is 1. The molecule has 0 radical (unpaired) electrons. The Morgan fingerprint density at radius 3 is 2.91 bits per heavy atom. The van der Waals surface area contributed by atoms with Crippen molar-refractivity contribution in [2.45, 2.75) is 32.8 Å². The molecule has 0 aromatic carbocycles. The standard InChI is InChI=1S/C16H26BrN3O3/c1-5-20(3)11-18-15-9-14(17)16(19-12(15)2)23-8-6-7-13(21)10-22-4/h9,11,13,21H,5-8,10H2,1-4H3. The molecule has 23 heavy (non-hydrogen) atoms. The number of aromatic nitrogens is 1. The minimum atomic E-state index is -0.450. The zero-order valence-corrected chi connectivity index (χ0v) is 15.8. The zero-order chi connectivity index (χ0) is 17.2. The normalized spacial score (nSPS) is 12.6. The number of ether oxygens (including phenoxy) is 2. The van der Waals surface area contributed by atoms with E-state index >= 15 is 0 Å². The molecule has 0 aliphatic carbocycles. The summed E-state index contributed by atoms with van der Waals surface area (Å²) in [6.45, 7) is 5.70. The monoisotopic (exact) mass is 387 g/mol. The summed E-state index contributed by atoms with van der Waals surface area (Å²) in [6, 6.07) is 1.90. The summed E-state index contributed by atoms with van der Waals surface area (Å²) in [5.74, 6) is 0.548. The number of hydrogen-bond donors (Lipinski definition) is 1. The van der Waals surface area contributed by atoms with Crippen molar-refractivity contribution in [1.29, 1.82) is 0 Å². The van der Waals surface area contributed by atoms with Crippen LogP contribution in [0.4, 0.5) is 5.69 Å². The molecule has 1 aromatic heterocycles. The van der Waals surface area contributed by atoms with Crippen LogP contribution in [0.3, 0.4) is 0 Å². The number of rotatable bonds is 10. The maximum absolute atomic E-state index is 9.58. The Kier molecular flexibility index (Phi) is 9.13. The second-order valence-corrected chi connectivity index (χ2v) is 6.15. The molecule has 6 nitrogen and oxygen atoms in total. The maximum Gasteiger partial charge on any atom is 0.228 e. The van der Waals surface area contributed by atoms with Gasteiger partial charge in [0, 0.05) is 20.7 Å². The number of aliphatic hydroxyl groups excluding tert-OH is 1. The van der Waals surface area contributed by atoms with Crippen LogP contribution in [0, 0.1) is 6.92 Å². The summed E-state index contributed by atoms with van der Waals surface area (Å²) < 4.78 is 11.3. The van der Waals surface area contributed by atoms with E-state index in [-0.39, 0.29) is 0 Å². The van der Waals surface area contributed by atoms with E-state index in [2.05, 4.69) is 32.8 Å². The molecule has 1 rings (SSSR count). The van der Waals surface area contributed by atoms with E-state index in [1.807, 2.05) is 24.9 Å². The minimum Gasteiger partial charge on any atom is -0.477 e. The zero-order valence-electron chi connectivity index (χ0n) is 14.3. The van der Waals surface area contributed by atoms with Crippen molar-refractivity contribution in [3.63, 3.8) is 0 Å². The molecule has 1 atom stereocenters. The largest absolute Gasteiger partial charge is 0.477 e. The number of nitrogens with zero attached hydrogens (tertiary/aromatic N) is 3. The molecule has 0 amide bonds. The van der Waals surface area contributed by atoms with Crippen molar-refractivity contribution >= 4 is 28.0 Å². The summed E-state index contributed by atoms with van der Waals surface area (Å²) >= 11 is 3.47. The Morgan fingerprint density at radius 1 is 1.52 bits per heavy atom. The summed E-state index contributed by atoms with van der Waals surface area (Å²) in [5.41, 5.74) is 1.61. The molecule has 0 saturated carbocycles. The smallest absolute Gasteiger partial charge is 0.228 e. The van der Waals surface area contributed by atoms with Crippen LogP contribution in [0.5, 0.6) is 5.88 Å². The fourth-order valence-corrected chi connectivity index (χ4v) is 2.21. The van der Waals surface area contributed by atoms with E-state index < -0.39 is 6.10 Å². The fourth-order valence-electron chi connectivity index (χ4n) is 1.79. The Bertz CT molecular complexity index is 512. The van der Waals surface area contributed by atoms with E-state index in [1.54, 1.807) is 13.4 Å². The van der Waals surface area contributed by atoms with Crippen LogP contribution in [-0.2, 0) is 4.74 Å². The average molecular weight is 388 g/mol. The maximum atomic E-state index is 9.58. The molecule has 0 aliphatic rings. The minimum absolute atomic E-state index is 0.347. The van der Waals surface area contributed by atoms with Gasteiger partial charge in [0.05, 0.1) is 41.5 Å². The van der Waals surface area contributed by atoms with Crippen molar-refractivity contribution in [3.8, 4) is 5.88 Å². The van der Waals surface area contributed by atoms with Gasteiger partial charge in [-0.05, 0) is 48.7 Å². The first-order chi connectivity index (χ1) is 11.0. The van der Waals surface area contributed by atoms with Crippen molar-refractivity contribution in [2.24, 2.45) is 4.99 Å². The molecule has 1 heterocycles. The summed E-state index contributed by atoms with van der Waals surface area (Å²) in [5, 5.41) is 9.58. The molecule has 7 heteroatoms. The van der Waals surface area contributed by atoms with Gasteiger partial charge in [0.2, 0.25) is 5.88 Å². The molecule has 1 N–H and O–H groups in total. The molecular formula is C16H26BrN3O3. The first-order valence-corrected chi connectivity index (χ1v) is 8.48. The van der Waals surface area contributed by atoms with Gasteiger partial charge in [-0.15, -0.1) is 0 Å². The van der Waals surface area contributed by atoms with Gasteiger partial charge in [0.1, 0.15) is 0 Å². The fraction of sp³-hybridized carbons (Fsp3) is 0.625. The number of halogens is 1. The second-order valence-electron chi connectivity index (χ2n) is 5.30. The SMILES string of the molecule is CCN(C)C=Nc1cc(Br)c(OCCCC(O)COC)nc1C. The quantitative estimate of drug-likeness (QED) is 0.379. The number of aliphatic imine (C=N–C) groups is 1. The lowest BCUT2D eigenvalue weighted by Gasteiger charge is -2.12. The van der Waals surface area contributed by atoms with E-state index in [9.17, 15) is 5.11 Å².